The first-order valence-corrected chi connectivity index (χ1v) is 12.4. The van der Waals surface area contributed by atoms with Crippen LogP contribution in [0.5, 0.6) is 0 Å². The molecule has 0 aliphatic heterocycles. The molecule has 1 aromatic carbocycles. The van der Waals surface area contributed by atoms with Gasteiger partial charge in [0.2, 0.25) is 4.05 Å². The summed E-state index contributed by atoms with van der Waals surface area (Å²) >= 11 is 21.6. The second kappa shape index (κ2) is 13.5. The summed E-state index contributed by atoms with van der Waals surface area (Å²) in [5.74, 6) is 3.00. The van der Waals surface area contributed by atoms with E-state index in [1.807, 2.05) is 0 Å². The van der Waals surface area contributed by atoms with Crippen molar-refractivity contribution in [3.63, 3.8) is 0 Å². The van der Waals surface area contributed by atoms with Crippen molar-refractivity contribution in [1.82, 2.24) is 0 Å². The van der Waals surface area contributed by atoms with Crippen LogP contribution in [0.4, 0.5) is 0 Å². The summed E-state index contributed by atoms with van der Waals surface area (Å²) in [6, 6.07) is 3.57. The molecule has 0 fully saturated rings. The van der Waals surface area contributed by atoms with Gasteiger partial charge in [0, 0.05) is 33.2 Å². The number of terminal acetylenes is 1. The van der Waals surface area contributed by atoms with Crippen LogP contribution in [-0.4, -0.2) is 21.6 Å². The van der Waals surface area contributed by atoms with Crippen LogP contribution in [0.15, 0.2) is 12.1 Å². The van der Waals surface area contributed by atoms with Gasteiger partial charge < -0.3 is 0 Å². The fourth-order valence-electron chi connectivity index (χ4n) is 3.48. The van der Waals surface area contributed by atoms with E-state index in [9.17, 15) is 0 Å². The van der Waals surface area contributed by atoms with Crippen molar-refractivity contribution in [2.75, 3.05) is 13.1 Å². The highest BCUT2D eigenvalue weighted by Gasteiger charge is 2.35. The third-order valence-electron chi connectivity index (χ3n) is 5.11. The lowest BCUT2D eigenvalue weighted by atomic mass is 10.1. The molecule has 0 amide bonds. The Morgan fingerprint density at radius 3 is 1.81 bits per heavy atom. The van der Waals surface area contributed by atoms with Crippen LogP contribution in [0.3, 0.4) is 0 Å². The zero-order chi connectivity index (χ0) is 20.3. The summed E-state index contributed by atoms with van der Waals surface area (Å²) in [4.78, 5) is 0. The second-order valence-corrected chi connectivity index (χ2v) is 9.73. The zero-order valence-corrected chi connectivity index (χ0v) is 21.0. The zero-order valence-electron chi connectivity index (χ0n) is 16.5. The summed E-state index contributed by atoms with van der Waals surface area (Å²) in [6.45, 7) is 7.34. The monoisotopic (exact) mass is 542 g/mol. The van der Waals surface area contributed by atoms with Gasteiger partial charge in [-0.15, -0.1) is 6.42 Å². The standard InChI is InChI=1S/C22H32Cl3IN/c1-4-7-9-11-13-27(22(26)6-3,14-12-10-8-5-2)17-19-20(24)15-18(23)16-21(19)25/h3,15-16,22H,4-5,7-14,17H2,1-2H3/q+1. The lowest BCUT2D eigenvalue weighted by Crippen LogP contribution is -2.53. The maximum atomic E-state index is 6.52. The van der Waals surface area contributed by atoms with Crippen molar-refractivity contribution in [1.29, 1.82) is 0 Å². The summed E-state index contributed by atoms with van der Waals surface area (Å²) in [5, 5.41) is 1.84. The van der Waals surface area contributed by atoms with Crippen molar-refractivity contribution in [3.8, 4) is 12.3 Å². The van der Waals surface area contributed by atoms with Crippen LogP contribution in [0, 0.1) is 12.3 Å². The molecule has 27 heavy (non-hydrogen) atoms. The van der Waals surface area contributed by atoms with Gasteiger partial charge in [-0.2, -0.15) is 0 Å². The van der Waals surface area contributed by atoms with E-state index in [2.05, 4.69) is 42.4 Å². The molecule has 1 aromatic rings. The Morgan fingerprint density at radius 2 is 1.41 bits per heavy atom. The van der Waals surface area contributed by atoms with E-state index in [1.54, 1.807) is 12.1 Å². The molecule has 152 valence electrons. The number of unbranched alkanes of at least 4 members (excludes halogenated alkanes) is 6. The van der Waals surface area contributed by atoms with Gasteiger partial charge in [-0.25, -0.2) is 0 Å². The second-order valence-electron chi connectivity index (χ2n) is 7.30. The molecular weight excluding hydrogens is 512 g/mol. The maximum absolute atomic E-state index is 6.52. The van der Waals surface area contributed by atoms with Crippen molar-refractivity contribution in [2.24, 2.45) is 0 Å². The van der Waals surface area contributed by atoms with Crippen molar-refractivity contribution in [3.05, 3.63) is 32.8 Å². The van der Waals surface area contributed by atoms with Gasteiger partial charge in [-0.05, 0) is 43.7 Å². The van der Waals surface area contributed by atoms with Gasteiger partial charge in [0.15, 0.2) is 0 Å². The number of quaternary nitrogens is 1. The predicted octanol–water partition coefficient (Wildman–Crippen LogP) is 8.52. The molecule has 0 saturated heterocycles. The minimum absolute atomic E-state index is 0.0914. The molecule has 0 N–H and O–H groups in total. The van der Waals surface area contributed by atoms with Crippen molar-refractivity contribution < 1.29 is 4.48 Å². The van der Waals surface area contributed by atoms with Gasteiger partial charge in [0.25, 0.3) is 0 Å². The van der Waals surface area contributed by atoms with Crippen molar-refractivity contribution in [2.45, 2.75) is 75.8 Å². The third kappa shape index (κ3) is 8.31. The minimum atomic E-state index is 0.0914. The van der Waals surface area contributed by atoms with Gasteiger partial charge in [0.05, 0.1) is 23.1 Å². The summed E-state index contributed by atoms with van der Waals surface area (Å²) in [6.07, 6.45) is 15.7. The van der Waals surface area contributed by atoms with E-state index in [0.717, 1.165) is 29.7 Å². The number of hydrogen-bond acceptors (Lipinski definition) is 0. The van der Waals surface area contributed by atoms with E-state index in [4.69, 9.17) is 41.2 Å². The molecule has 5 heteroatoms. The van der Waals surface area contributed by atoms with Crippen LogP contribution in [-0.2, 0) is 6.54 Å². The number of hydrogen-bond donors (Lipinski definition) is 0. The van der Waals surface area contributed by atoms with Crippen LogP contribution in [0.25, 0.3) is 0 Å². The third-order valence-corrected chi connectivity index (χ3v) is 7.55. The molecule has 1 atom stereocenters. The molecule has 0 aliphatic carbocycles. The van der Waals surface area contributed by atoms with Gasteiger partial charge >= 0.3 is 0 Å². The number of benzene rings is 1. The first-order chi connectivity index (χ1) is 12.9. The van der Waals surface area contributed by atoms with Gasteiger partial charge in [-0.1, -0.05) is 74.3 Å². The Hall–Kier alpha value is 0.340. The average molecular weight is 544 g/mol. The molecule has 0 aromatic heterocycles. The lowest BCUT2D eigenvalue weighted by Gasteiger charge is -2.41. The SMILES string of the molecule is C#CC(I)[N+](CCCCCC)(CCCCCC)Cc1c(Cl)cc(Cl)cc1Cl. The highest BCUT2D eigenvalue weighted by molar-refractivity contribution is 14.1. The van der Waals surface area contributed by atoms with Gasteiger partial charge in [-0.3, -0.25) is 4.48 Å². The quantitative estimate of drug-likeness (QED) is 0.0584. The molecule has 0 aliphatic rings. The maximum Gasteiger partial charge on any atom is 0.200 e. The molecule has 0 heterocycles. The molecule has 1 rings (SSSR count). The fraction of sp³-hybridized carbons (Fsp3) is 0.636. The average Bonchev–Trinajstić information content (AvgIpc) is 2.64. The smallest absolute Gasteiger partial charge is 0.200 e. The van der Waals surface area contributed by atoms with E-state index in [0.29, 0.717) is 15.1 Å². The number of alkyl halides is 1. The Bertz CT molecular complexity index is 577. The number of rotatable bonds is 13. The Morgan fingerprint density at radius 1 is 0.926 bits per heavy atom. The molecule has 1 unspecified atom stereocenters. The topological polar surface area (TPSA) is 0 Å². The van der Waals surface area contributed by atoms with Crippen LogP contribution >= 0.6 is 57.4 Å². The minimum Gasteiger partial charge on any atom is -0.299 e. The molecule has 0 saturated carbocycles. The summed E-state index contributed by atoms with van der Waals surface area (Å²) in [5.41, 5.74) is 0.964. The largest absolute Gasteiger partial charge is 0.299 e. The Balaban J connectivity index is 3.13. The van der Waals surface area contributed by atoms with E-state index in [1.165, 1.54) is 51.4 Å². The lowest BCUT2D eigenvalue weighted by molar-refractivity contribution is -0.940. The Labute approximate surface area is 194 Å². The first kappa shape index (κ1) is 25.4. The predicted molar refractivity (Wildman–Crippen MR) is 130 cm³/mol. The van der Waals surface area contributed by atoms with E-state index >= 15 is 0 Å². The first-order valence-electron chi connectivity index (χ1n) is 9.99. The van der Waals surface area contributed by atoms with Crippen LogP contribution < -0.4 is 0 Å². The fourth-order valence-corrected chi connectivity index (χ4v) is 5.17. The number of halogens is 4. The van der Waals surface area contributed by atoms with Crippen LogP contribution in [0.1, 0.15) is 70.8 Å². The van der Waals surface area contributed by atoms with E-state index in [-0.39, 0.29) is 4.05 Å². The van der Waals surface area contributed by atoms with Crippen molar-refractivity contribution >= 4 is 57.4 Å². The summed E-state index contributed by atoms with van der Waals surface area (Å²) < 4.78 is 0.930. The van der Waals surface area contributed by atoms with Gasteiger partial charge in [0.1, 0.15) is 6.54 Å². The van der Waals surface area contributed by atoms with E-state index < -0.39 is 0 Å². The molecule has 0 spiro atoms. The Kier molecular flexibility index (Phi) is 12.7. The van der Waals surface area contributed by atoms with Crippen LogP contribution in [0.2, 0.25) is 15.1 Å². The summed E-state index contributed by atoms with van der Waals surface area (Å²) in [7, 11) is 0. The molecular formula is C22H32Cl3IN+. The molecule has 1 nitrogen and oxygen atoms in total. The number of nitrogens with zero attached hydrogens (tertiary/aromatic N) is 1. The normalized spacial score (nSPS) is 12.8. The molecule has 0 radical (unpaired) electrons. The highest BCUT2D eigenvalue weighted by atomic mass is 127. The highest BCUT2D eigenvalue weighted by Crippen LogP contribution is 2.35. The molecule has 0 bridgehead atoms.